The molecule has 0 bridgehead atoms. The van der Waals surface area contributed by atoms with E-state index < -0.39 is 18.0 Å². The van der Waals surface area contributed by atoms with E-state index in [4.69, 9.17) is 20.3 Å². The quantitative estimate of drug-likeness (QED) is 0.0678. The van der Waals surface area contributed by atoms with Gasteiger partial charge in [-0.1, -0.05) is 24.3 Å². The molecule has 0 radical (unpaired) electrons. The molecule has 42 heavy (non-hydrogen) atoms. The molecule has 0 aliphatic rings. The largest absolute Gasteiger partial charge is 0.511 e. The second-order valence-electron chi connectivity index (χ2n) is 9.04. The summed E-state index contributed by atoms with van der Waals surface area (Å²) in [7, 11) is 0. The lowest BCUT2D eigenvalue weighted by Gasteiger charge is -2.06. The van der Waals surface area contributed by atoms with Gasteiger partial charge in [-0.05, 0) is 44.0 Å². The number of carbonyl (C=O) groups is 4. The molecule has 216 valence electrons. The summed E-state index contributed by atoms with van der Waals surface area (Å²) < 4.78 is 9.50. The van der Waals surface area contributed by atoms with E-state index in [1.165, 1.54) is 24.4 Å². The molecule has 0 saturated carbocycles. The van der Waals surface area contributed by atoms with Crippen LogP contribution in [0, 0.1) is 6.92 Å². The highest BCUT2D eigenvalue weighted by Crippen LogP contribution is 2.28. The number of hydrogen-bond acceptors (Lipinski definition) is 9. The van der Waals surface area contributed by atoms with Crippen LogP contribution in [-0.4, -0.2) is 62.9 Å². The number of amidine groups is 1. The first kappa shape index (κ1) is 29.4. The molecular formula is C29H28N6O7. The Morgan fingerprint density at radius 1 is 1.10 bits per heavy atom. The van der Waals surface area contributed by atoms with E-state index in [0.717, 1.165) is 5.56 Å². The molecule has 2 aromatic heterocycles. The number of nitrogens with one attached hydrogen (secondary N) is 2. The van der Waals surface area contributed by atoms with Crippen molar-refractivity contribution in [3.63, 3.8) is 0 Å². The van der Waals surface area contributed by atoms with E-state index in [1.54, 1.807) is 32.0 Å². The van der Waals surface area contributed by atoms with Gasteiger partial charge in [0.1, 0.15) is 18.1 Å². The van der Waals surface area contributed by atoms with Crippen LogP contribution in [0.25, 0.3) is 10.9 Å². The molecule has 13 nitrogen and oxygen atoms in total. The third kappa shape index (κ3) is 7.33. The van der Waals surface area contributed by atoms with Crippen molar-refractivity contribution in [1.29, 1.82) is 0 Å². The number of H-pyrrole nitrogens is 1. The highest BCUT2D eigenvalue weighted by Gasteiger charge is 2.18. The zero-order chi connectivity index (χ0) is 30.2. The highest BCUT2D eigenvalue weighted by atomic mass is 16.7. The lowest BCUT2D eigenvalue weighted by molar-refractivity contribution is -0.141. The molecule has 5 N–H and O–H groups in total. The van der Waals surface area contributed by atoms with E-state index in [2.05, 4.69) is 25.3 Å². The number of nitrogens with two attached hydrogens (primary N) is 1. The fourth-order valence-corrected chi connectivity index (χ4v) is 4.21. The molecule has 0 aliphatic heterocycles. The van der Waals surface area contributed by atoms with E-state index in [9.17, 15) is 19.2 Å². The third-order valence-corrected chi connectivity index (χ3v) is 6.11. The number of benzene rings is 2. The van der Waals surface area contributed by atoms with Crippen LogP contribution >= 0.6 is 0 Å². The van der Waals surface area contributed by atoms with Gasteiger partial charge in [0, 0.05) is 46.4 Å². The summed E-state index contributed by atoms with van der Waals surface area (Å²) in [5.74, 6) is -1.06. The maximum absolute atomic E-state index is 13.1. The number of carboxylic acid groups (broad SMARTS) is 1. The average Bonchev–Trinajstić information content (AvgIpc) is 3.29. The van der Waals surface area contributed by atoms with E-state index in [-0.39, 0.29) is 48.6 Å². The first-order chi connectivity index (χ1) is 20.1. The van der Waals surface area contributed by atoms with Gasteiger partial charge in [-0.3, -0.25) is 14.4 Å². The van der Waals surface area contributed by atoms with Crippen molar-refractivity contribution in [2.45, 2.75) is 26.7 Å². The topological polar surface area (TPSA) is 199 Å². The molecule has 0 unspecified atom stereocenters. The minimum Gasteiger partial charge on any atom is -0.465 e. The van der Waals surface area contributed by atoms with Crippen LogP contribution in [-0.2, 0) is 16.0 Å². The van der Waals surface area contributed by atoms with Gasteiger partial charge in [-0.15, -0.1) is 0 Å². The van der Waals surface area contributed by atoms with Crippen molar-refractivity contribution in [3.05, 3.63) is 82.9 Å². The van der Waals surface area contributed by atoms with Gasteiger partial charge < -0.3 is 30.6 Å². The van der Waals surface area contributed by atoms with Crippen molar-refractivity contribution in [2.75, 3.05) is 13.2 Å². The van der Waals surface area contributed by atoms with E-state index >= 15 is 0 Å². The smallest absolute Gasteiger partial charge is 0.465 e. The van der Waals surface area contributed by atoms with Gasteiger partial charge in [0.05, 0.1) is 6.61 Å². The van der Waals surface area contributed by atoms with Gasteiger partial charge >= 0.3 is 12.1 Å². The molecule has 0 saturated heterocycles. The minimum absolute atomic E-state index is 0.0952. The van der Waals surface area contributed by atoms with Crippen molar-refractivity contribution in [2.24, 2.45) is 10.7 Å². The Morgan fingerprint density at radius 3 is 2.57 bits per heavy atom. The Labute approximate surface area is 239 Å². The molecular weight excluding hydrogens is 544 g/mol. The number of nitrogens with zero attached hydrogens (tertiary/aromatic N) is 3. The summed E-state index contributed by atoms with van der Waals surface area (Å²) >= 11 is 0. The Hall–Kier alpha value is -5.59. The fourth-order valence-electron chi connectivity index (χ4n) is 4.21. The number of hydrogen-bond donors (Lipinski definition) is 4. The lowest BCUT2D eigenvalue weighted by atomic mass is 9.99. The number of carbonyl (C=O) groups excluding carboxylic acids is 3. The Balaban J connectivity index is 1.40. The van der Waals surface area contributed by atoms with Gasteiger partial charge in [0.15, 0.2) is 11.6 Å². The summed E-state index contributed by atoms with van der Waals surface area (Å²) in [4.78, 5) is 63.1. The Bertz CT molecular complexity index is 1680. The van der Waals surface area contributed by atoms with Crippen LogP contribution in [0.15, 0.2) is 59.7 Å². The normalized spacial score (nSPS) is 11.2. The minimum atomic E-state index is -1.43. The molecule has 0 atom stereocenters. The van der Waals surface area contributed by atoms with Crippen LogP contribution in [0.5, 0.6) is 5.75 Å². The number of ether oxygens (including phenoxy) is 2. The van der Waals surface area contributed by atoms with Crippen LogP contribution in [0.4, 0.5) is 10.6 Å². The zero-order valence-corrected chi connectivity index (χ0v) is 22.8. The van der Waals surface area contributed by atoms with Crippen molar-refractivity contribution < 1.29 is 33.8 Å². The average molecular weight is 573 g/mol. The molecule has 2 heterocycles. The number of aromatic amines is 1. The molecule has 2 aromatic carbocycles. The summed E-state index contributed by atoms with van der Waals surface area (Å²) in [5, 5.41) is 11.9. The second kappa shape index (κ2) is 13.2. The fraction of sp³-hybridized carbons (Fsp3) is 0.207. The molecule has 13 heteroatoms. The monoisotopic (exact) mass is 572 g/mol. The number of aliphatic imine (C=N–C) groups is 1. The molecule has 0 fully saturated rings. The van der Waals surface area contributed by atoms with Crippen molar-refractivity contribution in [3.8, 4) is 5.75 Å². The number of esters is 1. The number of aromatic nitrogens is 3. The summed E-state index contributed by atoms with van der Waals surface area (Å²) in [6.07, 6.45) is 0.612. The van der Waals surface area contributed by atoms with E-state index in [1.807, 2.05) is 12.1 Å². The maximum atomic E-state index is 13.1. The van der Waals surface area contributed by atoms with Crippen LogP contribution in [0.3, 0.4) is 0 Å². The third-order valence-electron chi connectivity index (χ3n) is 6.11. The first-order valence-corrected chi connectivity index (χ1v) is 12.9. The van der Waals surface area contributed by atoms with Gasteiger partial charge in [0.2, 0.25) is 5.82 Å². The van der Waals surface area contributed by atoms with E-state index in [0.29, 0.717) is 34.1 Å². The molecule has 0 aliphatic carbocycles. The number of amides is 1. The molecule has 4 rings (SSSR count). The second-order valence-corrected chi connectivity index (χ2v) is 9.04. The molecule has 4 aromatic rings. The lowest BCUT2D eigenvalue weighted by Crippen LogP contribution is -2.31. The number of rotatable bonds is 11. The first-order valence-electron chi connectivity index (χ1n) is 12.9. The van der Waals surface area contributed by atoms with Gasteiger partial charge in [-0.2, -0.15) is 0 Å². The van der Waals surface area contributed by atoms with Crippen LogP contribution in [0.1, 0.15) is 51.1 Å². The Kier molecular flexibility index (Phi) is 9.22. The van der Waals surface area contributed by atoms with Gasteiger partial charge in [-0.25, -0.2) is 19.8 Å². The summed E-state index contributed by atoms with van der Waals surface area (Å²) in [5.41, 5.74) is 9.55. The molecule has 1 amide bonds. The van der Waals surface area contributed by atoms with Crippen LogP contribution in [0.2, 0.25) is 0 Å². The summed E-state index contributed by atoms with van der Waals surface area (Å²) in [6.45, 7) is 3.34. The predicted molar refractivity (Wildman–Crippen MR) is 152 cm³/mol. The number of Topliss-reactive ketones (excluding diaryl/α,β-unsaturated/α-hetero) is 1. The zero-order valence-electron chi connectivity index (χ0n) is 22.8. The highest BCUT2D eigenvalue weighted by molar-refractivity contribution is 6.09. The Morgan fingerprint density at radius 2 is 1.86 bits per heavy atom. The SMILES string of the molecule is CCOC(=O)CNC(=O)c1nccc(N=C(N)c2ccc(CCC(=O)c3c(C)[nH]c4ccc(OC(=O)O)cc34)cc2)n1. The van der Waals surface area contributed by atoms with Crippen LogP contribution < -0.4 is 15.8 Å². The molecule has 0 spiro atoms. The number of fused-ring (bicyclic) bond motifs is 1. The van der Waals surface area contributed by atoms with Gasteiger partial charge in [0.25, 0.3) is 5.91 Å². The standard InChI is InChI=1S/C29H28N6O7/c1-3-41-24(37)15-32-28(38)27-31-13-12-23(35-27)34-26(30)18-7-4-17(5-8-18)6-11-22(36)25-16(2)33-21-10-9-19(14-20(21)25)42-29(39)40/h4-5,7-10,12-14,33H,3,6,11,15H2,1-2H3,(H,32,38)(H,39,40)(H2,30,31,34,35). The maximum Gasteiger partial charge on any atom is 0.511 e. The van der Waals surface area contributed by atoms with Crippen molar-refractivity contribution >= 4 is 46.4 Å². The summed E-state index contributed by atoms with van der Waals surface area (Å²) in [6, 6.07) is 13.4. The predicted octanol–water partition coefficient (Wildman–Crippen LogP) is 3.47. The van der Waals surface area contributed by atoms with Crippen molar-refractivity contribution in [1.82, 2.24) is 20.3 Å². The number of ketones is 1. The number of aryl methyl sites for hydroxylation is 2.